The minimum absolute atomic E-state index is 0.378. The molecule has 0 N–H and O–H groups in total. The summed E-state index contributed by atoms with van der Waals surface area (Å²) in [6.45, 7) is 6.38. The van der Waals surface area contributed by atoms with Crippen molar-refractivity contribution in [2.75, 3.05) is 26.9 Å². The smallest absolute Gasteiger partial charge is 0.338 e. The maximum absolute atomic E-state index is 12.0. The van der Waals surface area contributed by atoms with Crippen molar-refractivity contribution >= 4 is 17.3 Å². The average molecular weight is 361 g/mol. The van der Waals surface area contributed by atoms with Crippen LogP contribution in [-0.4, -0.2) is 37.9 Å². The van der Waals surface area contributed by atoms with Crippen LogP contribution in [0.2, 0.25) is 0 Å². The summed E-state index contributed by atoms with van der Waals surface area (Å²) in [6, 6.07) is 5.47. The summed E-state index contributed by atoms with van der Waals surface area (Å²) < 4.78 is 16.2. The van der Waals surface area contributed by atoms with Gasteiger partial charge in [-0.1, -0.05) is 13.8 Å². The highest BCUT2D eigenvalue weighted by molar-refractivity contribution is 7.15. The fourth-order valence-corrected chi connectivity index (χ4v) is 3.56. The molecule has 1 aliphatic rings. The molecule has 5 nitrogen and oxygen atoms in total. The van der Waals surface area contributed by atoms with Gasteiger partial charge in [0, 0.05) is 29.2 Å². The Morgan fingerprint density at radius 3 is 2.88 bits per heavy atom. The second-order valence-corrected chi connectivity index (χ2v) is 7.56. The fraction of sp³-hybridized carbons (Fsp3) is 0.474. The number of rotatable bonds is 6. The zero-order valence-electron chi connectivity index (χ0n) is 14.8. The quantitative estimate of drug-likeness (QED) is 0.724. The molecule has 6 heteroatoms. The minimum atomic E-state index is -0.378. The van der Waals surface area contributed by atoms with E-state index in [9.17, 15) is 4.79 Å². The molecule has 3 rings (SSSR count). The second-order valence-electron chi connectivity index (χ2n) is 6.50. The number of nitrogens with zero attached hydrogens (tertiary/aromatic N) is 1. The number of aromatic nitrogens is 1. The Morgan fingerprint density at radius 2 is 2.24 bits per heavy atom. The first kappa shape index (κ1) is 17.9. The van der Waals surface area contributed by atoms with E-state index in [4.69, 9.17) is 14.2 Å². The monoisotopic (exact) mass is 361 g/mol. The first-order valence-electron chi connectivity index (χ1n) is 8.47. The lowest BCUT2D eigenvalue weighted by molar-refractivity contribution is 0.0600. The van der Waals surface area contributed by atoms with Gasteiger partial charge in [0.1, 0.15) is 10.8 Å². The maximum Gasteiger partial charge on any atom is 0.338 e. The molecular weight excluding hydrogens is 338 g/mol. The van der Waals surface area contributed by atoms with Crippen molar-refractivity contribution in [3.05, 3.63) is 34.8 Å². The van der Waals surface area contributed by atoms with Gasteiger partial charge < -0.3 is 14.2 Å². The Bertz CT molecular complexity index is 735. The predicted molar refractivity (Wildman–Crippen MR) is 97.4 cm³/mol. The van der Waals surface area contributed by atoms with E-state index in [1.807, 2.05) is 12.3 Å². The van der Waals surface area contributed by atoms with Crippen LogP contribution in [0.5, 0.6) is 5.75 Å². The number of hydrogen-bond acceptors (Lipinski definition) is 6. The Kier molecular flexibility index (Phi) is 5.71. The minimum Gasteiger partial charge on any atom is -0.493 e. The lowest BCUT2D eigenvalue weighted by atomic mass is 10.1. The SMILES string of the molecule is COC(=O)c1cc(OC[C@@H]2CCOC2)cc(-c2ncc(C(C)C)s2)c1. The number of ether oxygens (including phenoxy) is 3. The first-order valence-corrected chi connectivity index (χ1v) is 9.28. The standard InChI is InChI=1S/C19H23NO4S/c1-12(2)17-9-20-18(25-17)14-6-15(19(21)22-3)8-16(7-14)24-11-13-4-5-23-10-13/h6-9,12-13H,4-5,10-11H2,1-3H3/t13-/m1/s1. The van der Waals surface area contributed by atoms with Crippen LogP contribution in [0.4, 0.5) is 0 Å². The molecule has 0 unspecified atom stereocenters. The molecule has 0 spiro atoms. The van der Waals surface area contributed by atoms with Crippen LogP contribution in [0.1, 0.15) is 41.4 Å². The maximum atomic E-state index is 12.0. The number of esters is 1. The number of methoxy groups -OCH3 is 1. The number of benzene rings is 1. The summed E-state index contributed by atoms with van der Waals surface area (Å²) in [7, 11) is 1.38. The van der Waals surface area contributed by atoms with Crippen LogP contribution >= 0.6 is 11.3 Å². The second kappa shape index (κ2) is 7.97. The molecule has 0 amide bonds. The molecule has 1 atom stereocenters. The Hall–Kier alpha value is -1.92. The molecule has 2 aromatic rings. The lowest BCUT2D eigenvalue weighted by Gasteiger charge is -2.12. The van der Waals surface area contributed by atoms with Gasteiger partial charge in [0.15, 0.2) is 0 Å². The largest absolute Gasteiger partial charge is 0.493 e. The van der Waals surface area contributed by atoms with E-state index in [-0.39, 0.29) is 5.97 Å². The Balaban J connectivity index is 1.87. The zero-order valence-corrected chi connectivity index (χ0v) is 15.6. The van der Waals surface area contributed by atoms with E-state index in [2.05, 4.69) is 18.8 Å². The van der Waals surface area contributed by atoms with Crippen molar-refractivity contribution in [3.63, 3.8) is 0 Å². The molecule has 1 saturated heterocycles. The van der Waals surface area contributed by atoms with Crippen molar-refractivity contribution in [3.8, 4) is 16.3 Å². The number of carbonyl (C=O) groups excluding carboxylic acids is 1. The summed E-state index contributed by atoms with van der Waals surface area (Å²) in [5.74, 6) is 1.11. The van der Waals surface area contributed by atoms with Gasteiger partial charge >= 0.3 is 5.97 Å². The van der Waals surface area contributed by atoms with E-state index in [0.717, 1.165) is 30.2 Å². The van der Waals surface area contributed by atoms with Gasteiger partial charge in [0.05, 0.1) is 25.9 Å². The van der Waals surface area contributed by atoms with Gasteiger partial charge in [0.25, 0.3) is 0 Å². The summed E-state index contributed by atoms with van der Waals surface area (Å²) in [4.78, 5) is 17.7. The number of hydrogen-bond donors (Lipinski definition) is 0. The highest BCUT2D eigenvalue weighted by Gasteiger charge is 2.18. The van der Waals surface area contributed by atoms with E-state index >= 15 is 0 Å². The van der Waals surface area contributed by atoms with Crippen molar-refractivity contribution in [2.45, 2.75) is 26.2 Å². The van der Waals surface area contributed by atoms with Crippen molar-refractivity contribution in [2.24, 2.45) is 5.92 Å². The molecule has 0 saturated carbocycles. The highest BCUT2D eigenvalue weighted by Crippen LogP contribution is 2.32. The van der Waals surface area contributed by atoms with E-state index in [1.54, 1.807) is 23.5 Å². The Labute approximate surface area is 151 Å². The van der Waals surface area contributed by atoms with Crippen molar-refractivity contribution in [1.82, 2.24) is 4.98 Å². The van der Waals surface area contributed by atoms with Gasteiger partial charge in [-0.25, -0.2) is 9.78 Å². The molecule has 1 aliphatic heterocycles. The van der Waals surface area contributed by atoms with E-state index < -0.39 is 0 Å². The third-order valence-electron chi connectivity index (χ3n) is 4.18. The third kappa shape index (κ3) is 4.38. The molecule has 25 heavy (non-hydrogen) atoms. The zero-order chi connectivity index (χ0) is 17.8. The summed E-state index contributed by atoms with van der Waals surface area (Å²) in [5, 5.41) is 0.878. The molecule has 0 radical (unpaired) electrons. The molecule has 1 fully saturated rings. The molecule has 134 valence electrons. The van der Waals surface area contributed by atoms with Crippen LogP contribution in [-0.2, 0) is 9.47 Å². The predicted octanol–water partition coefficient (Wildman–Crippen LogP) is 4.14. The average Bonchev–Trinajstić information content (AvgIpc) is 3.30. The number of carbonyl (C=O) groups is 1. The highest BCUT2D eigenvalue weighted by atomic mass is 32.1. The molecule has 2 heterocycles. The first-order chi connectivity index (χ1) is 12.1. The topological polar surface area (TPSA) is 57.7 Å². The van der Waals surface area contributed by atoms with Crippen LogP contribution in [0, 0.1) is 5.92 Å². The van der Waals surface area contributed by atoms with Gasteiger partial charge in [-0.3, -0.25) is 0 Å². The summed E-state index contributed by atoms with van der Waals surface area (Å²) in [6.07, 6.45) is 2.90. The van der Waals surface area contributed by atoms with Crippen LogP contribution in [0.15, 0.2) is 24.4 Å². The van der Waals surface area contributed by atoms with Gasteiger partial charge in [-0.2, -0.15) is 0 Å². The lowest BCUT2D eigenvalue weighted by Crippen LogP contribution is -2.12. The van der Waals surface area contributed by atoms with Gasteiger partial charge in [-0.15, -0.1) is 11.3 Å². The van der Waals surface area contributed by atoms with E-state index in [1.165, 1.54) is 12.0 Å². The van der Waals surface area contributed by atoms with Crippen LogP contribution in [0.3, 0.4) is 0 Å². The van der Waals surface area contributed by atoms with Crippen LogP contribution < -0.4 is 4.74 Å². The van der Waals surface area contributed by atoms with Crippen LogP contribution in [0.25, 0.3) is 10.6 Å². The van der Waals surface area contributed by atoms with E-state index in [0.29, 0.717) is 29.8 Å². The normalized spacial score (nSPS) is 17.0. The summed E-state index contributed by atoms with van der Waals surface area (Å²) >= 11 is 1.64. The third-order valence-corrected chi connectivity index (χ3v) is 5.52. The molecular formula is C19H23NO4S. The molecule has 0 aliphatic carbocycles. The van der Waals surface area contributed by atoms with Crippen molar-refractivity contribution in [1.29, 1.82) is 0 Å². The molecule has 1 aromatic carbocycles. The number of thiazole rings is 1. The fourth-order valence-electron chi connectivity index (χ4n) is 2.66. The molecule has 1 aromatic heterocycles. The summed E-state index contributed by atoms with van der Waals surface area (Å²) in [5.41, 5.74) is 1.34. The van der Waals surface area contributed by atoms with Crippen molar-refractivity contribution < 1.29 is 19.0 Å². The Morgan fingerprint density at radius 1 is 1.40 bits per heavy atom. The van der Waals surface area contributed by atoms with Gasteiger partial charge in [0.2, 0.25) is 0 Å². The molecule has 0 bridgehead atoms. The van der Waals surface area contributed by atoms with Gasteiger partial charge in [-0.05, 0) is 30.5 Å².